The number of nitrogens with one attached hydrogen (secondary N) is 1. The number of amides is 1. The number of aromatic nitrogens is 2. The maximum Gasteiger partial charge on any atom is 0.246 e. The molecule has 0 unspecified atom stereocenters. The van der Waals surface area contributed by atoms with Crippen molar-refractivity contribution in [3.8, 4) is 0 Å². The molecule has 0 aromatic carbocycles. The van der Waals surface area contributed by atoms with Gasteiger partial charge in [0.2, 0.25) is 11.8 Å². The Balaban J connectivity index is 2.48. The molecule has 6 nitrogen and oxygen atoms in total. The number of rotatable bonds is 4. The molecule has 0 bridgehead atoms. The van der Waals surface area contributed by atoms with E-state index >= 15 is 0 Å². The molecule has 1 rings (SSSR count). The topological polar surface area (TPSA) is 94.0 Å². The Labute approximate surface area is 81.9 Å². The van der Waals surface area contributed by atoms with Gasteiger partial charge in [-0.2, -0.15) is 4.98 Å². The normalized spacial score (nSPS) is 10.6. The lowest BCUT2D eigenvalue weighted by molar-refractivity contribution is -0.120. The molecule has 1 heterocycles. The summed E-state index contributed by atoms with van der Waals surface area (Å²) in [5.41, 5.74) is 5.11. The monoisotopic (exact) mass is 198 g/mol. The van der Waals surface area contributed by atoms with Crippen LogP contribution in [0.25, 0.3) is 0 Å². The average molecular weight is 198 g/mol. The van der Waals surface area contributed by atoms with Crippen LogP contribution in [-0.4, -0.2) is 22.6 Å². The van der Waals surface area contributed by atoms with Crippen molar-refractivity contribution in [2.24, 2.45) is 5.73 Å². The van der Waals surface area contributed by atoms with Gasteiger partial charge >= 0.3 is 0 Å². The number of nitrogens with zero attached hydrogens (tertiary/aromatic N) is 2. The third-order valence-corrected chi connectivity index (χ3v) is 1.62. The van der Waals surface area contributed by atoms with Crippen LogP contribution in [0.15, 0.2) is 4.52 Å². The fraction of sp³-hybridized carbons (Fsp3) is 0.625. The molecular formula is C8H14N4O2. The van der Waals surface area contributed by atoms with Gasteiger partial charge in [-0.3, -0.25) is 4.79 Å². The molecular weight excluding hydrogens is 184 g/mol. The Bertz CT molecular complexity index is 308. The van der Waals surface area contributed by atoms with E-state index in [9.17, 15) is 4.79 Å². The van der Waals surface area contributed by atoms with Crippen molar-refractivity contribution >= 4 is 5.91 Å². The molecule has 1 aromatic rings. The molecule has 0 aliphatic rings. The summed E-state index contributed by atoms with van der Waals surface area (Å²) in [4.78, 5) is 14.9. The van der Waals surface area contributed by atoms with Crippen LogP contribution < -0.4 is 11.1 Å². The lowest BCUT2D eigenvalue weighted by Crippen LogP contribution is -2.29. The molecule has 0 spiro atoms. The van der Waals surface area contributed by atoms with Gasteiger partial charge in [-0.1, -0.05) is 19.0 Å². The zero-order valence-electron chi connectivity index (χ0n) is 8.28. The van der Waals surface area contributed by atoms with Crippen molar-refractivity contribution in [1.82, 2.24) is 15.5 Å². The Morgan fingerprint density at radius 2 is 2.36 bits per heavy atom. The minimum Gasteiger partial charge on any atom is -0.346 e. The van der Waals surface area contributed by atoms with Gasteiger partial charge in [-0.05, 0) is 0 Å². The van der Waals surface area contributed by atoms with Crippen LogP contribution in [0, 0.1) is 0 Å². The molecule has 0 saturated heterocycles. The van der Waals surface area contributed by atoms with Crippen LogP contribution in [-0.2, 0) is 11.3 Å². The standard InChI is InChI=1S/C8H14N4O2/c1-5(2)8-11-7(14-12-8)4-10-6(13)3-9/h5H,3-4,9H2,1-2H3,(H,10,13). The molecule has 0 saturated carbocycles. The fourth-order valence-electron chi connectivity index (χ4n) is 0.821. The Morgan fingerprint density at radius 1 is 1.64 bits per heavy atom. The van der Waals surface area contributed by atoms with Crippen molar-refractivity contribution in [1.29, 1.82) is 0 Å². The quantitative estimate of drug-likeness (QED) is 0.696. The molecule has 1 aromatic heterocycles. The first-order valence-electron chi connectivity index (χ1n) is 4.42. The maximum absolute atomic E-state index is 10.8. The lowest BCUT2D eigenvalue weighted by Gasteiger charge is -1.97. The van der Waals surface area contributed by atoms with Gasteiger partial charge in [0.05, 0.1) is 13.1 Å². The summed E-state index contributed by atoms with van der Waals surface area (Å²) < 4.78 is 4.90. The molecule has 0 aliphatic carbocycles. The van der Waals surface area contributed by atoms with Crippen molar-refractivity contribution < 1.29 is 9.32 Å². The van der Waals surface area contributed by atoms with Crippen molar-refractivity contribution in [3.63, 3.8) is 0 Å². The molecule has 1 amide bonds. The highest BCUT2D eigenvalue weighted by Gasteiger charge is 2.09. The third-order valence-electron chi connectivity index (χ3n) is 1.62. The largest absolute Gasteiger partial charge is 0.346 e. The Morgan fingerprint density at radius 3 is 2.86 bits per heavy atom. The molecule has 14 heavy (non-hydrogen) atoms. The van der Waals surface area contributed by atoms with Crippen LogP contribution in [0.1, 0.15) is 31.5 Å². The zero-order chi connectivity index (χ0) is 10.6. The molecule has 0 radical (unpaired) electrons. The number of carbonyl (C=O) groups is 1. The average Bonchev–Trinajstić information content (AvgIpc) is 2.62. The highest BCUT2D eigenvalue weighted by molar-refractivity contribution is 5.77. The van der Waals surface area contributed by atoms with Crippen LogP contribution in [0.4, 0.5) is 0 Å². The van der Waals surface area contributed by atoms with E-state index in [0.717, 1.165) is 0 Å². The van der Waals surface area contributed by atoms with E-state index in [1.165, 1.54) is 0 Å². The van der Waals surface area contributed by atoms with E-state index in [2.05, 4.69) is 15.5 Å². The van der Waals surface area contributed by atoms with E-state index in [-0.39, 0.29) is 24.9 Å². The van der Waals surface area contributed by atoms with Gasteiger partial charge in [0.1, 0.15) is 0 Å². The summed E-state index contributed by atoms with van der Waals surface area (Å²) in [6.45, 7) is 4.13. The Kier molecular flexibility index (Phi) is 3.58. The maximum atomic E-state index is 10.8. The SMILES string of the molecule is CC(C)c1noc(CNC(=O)CN)n1. The molecule has 3 N–H and O–H groups in total. The predicted molar refractivity (Wildman–Crippen MR) is 49.3 cm³/mol. The summed E-state index contributed by atoms with van der Waals surface area (Å²) in [7, 11) is 0. The van der Waals surface area contributed by atoms with E-state index in [4.69, 9.17) is 10.3 Å². The minimum atomic E-state index is -0.241. The first-order valence-corrected chi connectivity index (χ1v) is 4.42. The number of carbonyl (C=O) groups excluding carboxylic acids is 1. The lowest BCUT2D eigenvalue weighted by atomic mass is 10.2. The van der Waals surface area contributed by atoms with Crippen LogP contribution in [0.5, 0.6) is 0 Å². The summed E-state index contributed by atoms with van der Waals surface area (Å²) in [6, 6.07) is 0. The Hall–Kier alpha value is -1.43. The van der Waals surface area contributed by atoms with Crippen LogP contribution in [0.3, 0.4) is 0 Å². The van der Waals surface area contributed by atoms with E-state index < -0.39 is 0 Å². The highest BCUT2D eigenvalue weighted by Crippen LogP contribution is 2.08. The summed E-state index contributed by atoms with van der Waals surface area (Å²) in [5, 5.41) is 6.29. The second kappa shape index (κ2) is 4.71. The molecule has 0 fully saturated rings. The smallest absolute Gasteiger partial charge is 0.246 e. The van der Waals surface area contributed by atoms with Gasteiger partial charge in [-0.25, -0.2) is 0 Å². The number of hydrogen-bond donors (Lipinski definition) is 2. The first kappa shape index (κ1) is 10.6. The number of hydrogen-bond acceptors (Lipinski definition) is 5. The number of nitrogens with two attached hydrogens (primary N) is 1. The molecule has 0 aliphatic heterocycles. The van der Waals surface area contributed by atoms with E-state index in [1.54, 1.807) is 0 Å². The van der Waals surface area contributed by atoms with Gasteiger partial charge < -0.3 is 15.6 Å². The molecule has 78 valence electrons. The van der Waals surface area contributed by atoms with Crippen molar-refractivity contribution in [3.05, 3.63) is 11.7 Å². The predicted octanol–water partition coefficient (Wildman–Crippen LogP) is -0.232. The summed E-state index contributed by atoms with van der Waals surface area (Å²) in [6.07, 6.45) is 0. The van der Waals surface area contributed by atoms with Crippen LogP contribution in [0.2, 0.25) is 0 Å². The van der Waals surface area contributed by atoms with E-state index in [0.29, 0.717) is 11.7 Å². The molecule has 6 heteroatoms. The second-order valence-electron chi connectivity index (χ2n) is 3.18. The summed E-state index contributed by atoms with van der Waals surface area (Å²) in [5.74, 6) is 1.02. The minimum absolute atomic E-state index is 0.0365. The van der Waals surface area contributed by atoms with Gasteiger partial charge in [0.15, 0.2) is 5.82 Å². The molecule has 0 atom stereocenters. The first-order chi connectivity index (χ1) is 6.63. The highest BCUT2D eigenvalue weighted by atomic mass is 16.5. The van der Waals surface area contributed by atoms with Crippen molar-refractivity contribution in [2.75, 3.05) is 6.54 Å². The fourth-order valence-corrected chi connectivity index (χ4v) is 0.821. The summed E-state index contributed by atoms with van der Waals surface area (Å²) >= 11 is 0. The van der Waals surface area contributed by atoms with E-state index in [1.807, 2.05) is 13.8 Å². The van der Waals surface area contributed by atoms with Gasteiger partial charge in [0, 0.05) is 5.92 Å². The van der Waals surface area contributed by atoms with Gasteiger partial charge in [-0.15, -0.1) is 0 Å². The van der Waals surface area contributed by atoms with Crippen LogP contribution >= 0.6 is 0 Å². The zero-order valence-corrected chi connectivity index (χ0v) is 8.28. The van der Waals surface area contributed by atoms with Crippen molar-refractivity contribution in [2.45, 2.75) is 26.3 Å². The second-order valence-corrected chi connectivity index (χ2v) is 3.18. The van der Waals surface area contributed by atoms with Gasteiger partial charge in [0.25, 0.3) is 0 Å². The third kappa shape index (κ3) is 2.81.